The predicted octanol–water partition coefficient (Wildman–Crippen LogP) is 5.48. The van der Waals surface area contributed by atoms with E-state index < -0.39 is 0 Å². The Morgan fingerprint density at radius 2 is 1.74 bits per heavy atom. The summed E-state index contributed by atoms with van der Waals surface area (Å²) >= 11 is 0. The van der Waals surface area contributed by atoms with Gasteiger partial charge in [-0.3, -0.25) is 4.79 Å². The largest absolute Gasteiger partial charge is 0.457 e. The summed E-state index contributed by atoms with van der Waals surface area (Å²) in [6.07, 6.45) is 3.31. The predicted molar refractivity (Wildman–Crippen MR) is 111 cm³/mol. The first-order chi connectivity index (χ1) is 13.1. The fourth-order valence-electron chi connectivity index (χ4n) is 2.57. The van der Waals surface area contributed by atoms with Gasteiger partial charge in [-0.15, -0.1) is 0 Å². The van der Waals surface area contributed by atoms with Crippen LogP contribution >= 0.6 is 0 Å². The van der Waals surface area contributed by atoms with Crippen LogP contribution in [0, 0.1) is 6.92 Å². The highest BCUT2D eigenvalue weighted by Crippen LogP contribution is 2.26. The Labute approximate surface area is 159 Å². The molecule has 0 saturated heterocycles. The molecular formula is C23H22N2O2. The van der Waals surface area contributed by atoms with E-state index in [0.29, 0.717) is 5.75 Å². The van der Waals surface area contributed by atoms with Gasteiger partial charge in [0, 0.05) is 30.6 Å². The molecule has 3 aromatic carbocycles. The van der Waals surface area contributed by atoms with Crippen LogP contribution in [0.1, 0.15) is 11.1 Å². The van der Waals surface area contributed by atoms with E-state index in [1.165, 1.54) is 6.08 Å². The number of carbonyl (C=O) groups is 1. The molecule has 0 atom stereocenters. The van der Waals surface area contributed by atoms with E-state index in [4.69, 9.17) is 4.74 Å². The molecular weight excluding hydrogens is 336 g/mol. The maximum absolute atomic E-state index is 12.3. The first-order valence-corrected chi connectivity index (χ1v) is 8.74. The van der Waals surface area contributed by atoms with Gasteiger partial charge in [0.25, 0.3) is 0 Å². The summed E-state index contributed by atoms with van der Waals surface area (Å²) in [7, 11) is 1.86. The summed E-state index contributed by atoms with van der Waals surface area (Å²) in [5, 5.41) is 5.99. The second-order valence-electron chi connectivity index (χ2n) is 6.09. The van der Waals surface area contributed by atoms with Crippen molar-refractivity contribution < 1.29 is 9.53 Å². The van der Waals surface area contributed by atoms with Crippen LogP contribution in [-0.4, -0.2) is 13.0 Å². The number of rotatable bonds is 6. The van der Waals surface area contributed by atoms with Crippen molar-refractivity contribution in [1.82, 2.24) is 0 Å². The normalized spacial score (nSPS) is 10.6. The van der Waals surface area contributed by atoms with Crippen LogP contribution in [0.25, 0.3) is 6.08 Å². The van der Waals surface area contributed by atoms with E-state index >= 15 is 0 Å². The zero-order valence-corrected chi connectivity index (χ0v) is 15.4. The maximum Gasteiger partial charge on any atom is 0.248 e. The fourth-order valence-corrected chi connectivity index (χ4v) is 2.57. The van der Waals surface area contributed by atoms with Crippen molar-refractivity contribution in [2.75, 3.05) is 17.7 Å². The second kappa shape index (κ2) is 8.72. The SMILES string of the molecule is CNc1cccc(/C=C/C(=O)Nc2cc(Oc3ccccc3)ccc2C)c1. The molecule has 1 amide bonds. The summed E-state index contributed by atoms with van der Waals surface area (Å²) < 4.78 is 5.83. The van der Waals surface area contributed by atoms with Crippen LogP contribution in [-0.2, 0) is 4.79 Å². The van der Waals surface area contributed by atoms with Crippen molar-refractivity contribution in [3.63, 3.8) is 0 Å². The molecule has 0 heterocycles. The summed E-state index contributed by atoms with van der Waals surface area (Å²) in [6.45, 7) is 1.95. The number of aryl methyl sites for hydroxylation is 1. The third kappa shape index (κ3) is 5.22. The van der Waals surface area contributed by atoms with Crippen molar-refractivity contribution in [3.8, 4) is 11.5 Å². The van der Waals surface area contributed by atoms with Gasteiger partial charge in [0.1, 0.15) is 11.5 Å². The molecule has 0 aromatic heterocycles. The average Bonchev–Trinajstić information content (AvgIpc) is 2.70. The third-order valence-electron chi connectivity index (χ3n) is 4.05. The van der Waals surface area contributed by atoms with Crippen molar-refractivity contribution in [3.05, 3.63) is 90.0 Å². The molecule has 4 nitrogen and oxygen atoms in total. The number of para-hydroxylation sites is 1. The molecule has 4 heteroatoms. The van der Waals surface area contributed by atoms with Crippen molar-refractivity contribution in [2.24, 2.45) is 0 Å². The molecule has 27 heavy (non-hydrogen) atoms. The number of nitrogens with one attached hydrogen (secondary N) is 2. The highest BCUT2D eigenvalue weighted by atomic mass is 16.5. The van der Waals surface area contributed by atoms with Gasteiger partial charge in [-0.05, 0) is 54.5 Å². The Morgan fingerprint density at radius 3 is 2.52 bits per heavy atom. The van der Waals surface area contributed by atoms with Crippen LogP contribution in [0.15, 0.2) is 78.9 Å². The number of hydrogen-bond donors (Lipinski definition) is 2. The number of benzene rings is 3. The lowest BCUT2D eigenvalue weighted by atomic mass is 10.1. The Balaban J connectivity index is 1.69. The fraction of sp³-hybridized carbons (Fsp3) is 0.0870. The van der Waals surface area contributed by atoms with Crippen molar-refractivity contribution >= 4 is 23.4 Å². The Hall–Kier alpha value is -3.53. The number of hydrogen-bond acceptors (Lipinski definition) is 3. The highest BCUT2D eigenvalue weighted by Gasteiger charge is 2.05. The molecule has 0 spiro atoms. The number of anilines is 2. The van der Waals surface area contributed by atoms with E-state index in [0.717, 1.165) is 28.3 Å². The quantitative estimate of drug-likeness (QED) is 0.574. The number of amides is 1. The minimum absolute atomic E-state index is 0.190. The summed E-state index contributed by atoms with van der Waals surface area (Å²) in [6, 6.07) is 23.0. The Bertz CT molecular complexity index is 950. The second-order valence-corrected chi connectivity index (χ2v) is 6.09. The van der Waals surface area contributed by atoms with Crippen LogP contribution in [0.3, 0.4) is 0 Å². The molecule has 0 fully saturated rings. The minimum Gasteiger partial charge on any atom is -0.457 e. The molecule has 3 rings (SSSR count). The van der Waals surface area contributed by atoms with Gasteiger partial charge in [-0.1, -0.05) is 36.4 Å². The van der Waals surface area contributed by atoms with Gasteiger partial charge in [0.05, 0.1) is 0 Å². The molecule has 0 bridgehead atoms. The molecule has 0 unspecified atom stereocenters. The highest BCUT2D eigenvalue weighted by molar-refractivity contribution is 6.02. The van der Waals surface area contributed by atoms with E-state index in [2.05, 4.69) is 10.6 Å². The maximum atomic E-state index is 12.3. The number of carbonyl (C=O) groups excluding carboxylic acids is 1. The molecule has 0 saturated carbocycles. The minimum atomic E-state index is -0.190. The summed E-state index contributed by atoms with van der Waals surface area (Å²) in [4.78, 5) is 12.3. The van der Waals surface area contributed by atoms with Crippen LogP contribution in [0.5, 0.6) is 11.5 Å². The van der Waals surface area contributed by atoms with E-state index in [-0.39, 0.29) is 5.91 Å². The van der Waals surface area contributed by atoms with Gasteiger partial charge >= 0.3 is 0 Å². The van der Waals surface area contributed by atoms with Gasteiger partial charge in [-0.2, -0.15) is 0 Å². The van der Waals surface area contributed by atoms with Crippen LogP contribution in [0.4, 0.5) is 11.4 Å². The van der Waals surface area contributed by atoms with Gasteiger partial charge in [0.15, 0.2) is 0 Å². The molecule has 0 aliphatic rings. The number of ether oxygens (including phenoxy) is 1. The van der Waals surface area contributed by atoms with E-state index in [1.807, 2.05) is 86.8 Å². The first-order valence-electron chi connectivity index (χ1n) is 8.74. The van der Waals surface area contributed by atoms with Crippen LogP contribution < -0.4 is 15.4 Å². The lowest BCUT2D eigenvalue weighted by Gasteiger charge is -2.10. The van der Waals surface area contributed by atoms with Gasteiger partial charge < -0.3 is 15.4 Å². The summed E-state index contributed by atoms with van der Waals surface area (Å²) in [5.74, 6) is 1.24. The van der Waals surface area contributed by atoms with E-state index in [1.54, 1.807) is 6.08 Å². The van der Waals surface area contributed by atoms with Gasteiger partial charge in [-0.25, -0.2) is 0 Å². The zero-order valence-electron chi connectivity index (χ0n) is 15.4. The first kappa shape index (κ1) is 18.3. The monoisotopic (exact) mass is 358 g/mol. The van der Waals surface area contributed by atoms with E-state index in [9.17, 15) is 4.79 Å². The lowest BCUT2D eigenvalue weighted by molar-refractivity contribution is -0.111. The molecule has 136 valence electrons. The lowest BCUT2D eigenvalue weighted by Crippen LogP contribution is -2.09. The van der Waals surface area contributed by atoms with Crippen molar-refractivity contribution in [1.29, 1.82) is 0 Å². The summed E-state index contributed by atoms with van der Waals surface area (Å²) in [5.41, 5.74) is 3.64. The Kier molecular flexibility index (Phi) is 5.90. The Morgan fingerprint density at radius 1 is 0.926 bits per heavy atom. The molecule has 0 aliphatic carbocycles. The van der Waals surface area contributed by atoms with Crippen molar-refractivity contribution in [2.45, 2.75) is 6.92 Å². The third-order valence-corrected chi connectivity index (χ3v) is 4.05. The molecule has 0 radical (unpaired) electrons. The topological polar surface area (TPSA) is 50.4 Å². The van der Waals surface area contributed by atoms with Gasteiger partial charge in [0.2, 0.25) is 5.91 Å². The smallest absolute Gasteiger partial charge is 0.248 e. The standard InChI is InChI=1S/C23H22N2O2/c1-17-11-13-21(27-20-9-4-3-5-10-20)16-22(17)25-23(26)14-12-18-7-6-8-19(15-18)24-2/h3-16,24H,1-2H3,(H,25,26)/b14-12+. The average molecular weight is 358 g/mol. The molecule has 0 aliphatic heterocycles. The molecule has 2 N–H and O–H groups in total. The zero-order chi connectivity index (χ0) is 19.1. The van der Waals surface area contributed by atoms with Crippen LogP contribution in [0.2, 0.25) is 0 Å². The molecule has 3 aromatic rings.